The van der Waals surface area contributed by atoms with Crippen molar-refractivity contribution in [3.8, 4) is 0 Å². The van der Waals surface area contributed by atoms with Crippen LogP contribution in [0.15, 0.2) is 30.3 Å². The van der Waals surface area contributed by atoms with Crippen molar-refractivity contribution in [2.24, 2.45) is 0 Å². The first kappa shape index (κ1) is 5.16. The van der Waals surface area contributed by atoms with Crippen molar-refractivity contribution in [3.63, 3.8) is 0 Å². The second-order valence-corrected chi connectivity index (χ2v) is 3.01. The van der Waals surface area contributed by atoms with E-state index in [1.165, 1.54) is 26.1 Å². The van der Waals surface area contributed by atoms with E-state index in [1.54, 1.807) is 0 Å². The van der Waals surface area contributed by atoms with E-state index >= 15 is 0 Å². The summed E-state index contributed by atoms with van der Waals surface area (Å²) in [6.07, 6.45) is 0. The summed E-state index contributed by atoms with van der Waals surface area (Å²) in [7, 11) is 0. The van der Waals surface area contributed by atoms with Gasteiger partial charge in [0.15, 0.2) is 0 Å². The van der Waals surface area contributed by atoms with Crippen molar-refractivity contribution in [2.75, 3.05) is 0 Å². The Morgan fingerprint density at radius 2 is 1.57 bits per heavy atom. The fourth-order valence-electron chi connectivity index (χ4n) is 0.438. The van der Waals surface area contributed by atoms with Gasteiger partial charge >= 0.3 is 56.4 Å². The van der Waals surface area contributed by atoms with Crippen molar-refractivity contribution in [1.82, 2.24) is 0 Å². The van der Waals surface area contributed by atoms with Crippen LogP contribution in [0.2, 0.25) is 0 Å². The number of rotatable bonds is 0. The standard InChI is InChI=1S/C6H5.Sn/c1-2-4-6-5-3-1;/h1-5H;/i;1-74. The van der Waals surface area contributed by atoms with Crippen molar-refractivity contribution < 1.29 is 0 Å². The molecule has 0 nitrogen and oxygen atoms in total. The summed E-state index contributed by atoms with van der Waals surface area (Å²) < 4.78 is 1.41. The van der Waals surface area contributed by atoms with Crippen molar-refractivity contribution in [2.45, 2.75) is 0 Å². The van der Waals surface area contributed by atoms with Gasteiger partial charge in [0.1, 0.15) is 0 Å². The maximum atomic E-state index is 2.12. The average molecular weight is 122 g/mol. The van der Waals surface area contributed by atoms with Gasteiger partial charge in [-0.1, -0.05) is 0 Å². The third kappa shape index (κ3) is 1.51. The van der Waals surface area contributed by atoms with E-state index in [2.05, 4.69) is 24.3 Å². The van der Waals surface area contributed by atoms with Crippen molar-refractivity contribution in [1.29, 1.82) is 0 Å². The summed E-state index contributed by atoms with van der Waals surface area (Å²) >= 11 is 1.49. The molecule has 1 rings (SSSR count). The molecule has 0 amide bonds. The van der Waals surface area contributed by atoms with Crippen molar-refractivity contribution in [3.05, 3.63) is 30.3 Å². The molecular weight excluding hydrogens is 117 g/mol. The van der Waals surface area contributed by atoms with Crippen LogP contribution in [0.3, 0.4) is 0 Å². The second-order valence-electron chi connectivity index (χ2n) is 1.37. The topological polar surface area (TPSA) is 0 Å². The van der Waals surface area contributed by atoms with E-state index < -0.39 is 0 Å². The fourth-order valence-corrected chi connectivity index (χ4v) is 0.987. The Balaban J connectivity index is 3.02. The molecule has 0 saturated heterocycles. The molecule has 0 N–H and O–H groups in total. The summed E-state index contributed by atoms with van der Waals surface area (Å²) in [5.74, 6) is 0. The first-order chi connectivity index (χ1) is 3.39. The monoisotopic (exact) mass is 122 g/mol. The van der Waals surface area contributed by atoms with Crippen LogP contribution >= 0.6 is 0 Å². The molecule has 0 saturated carbocycles. The molecule has 0 aliphatic heterocycles. The molecule has 0 aliphatic rings. The molecule has 0 bridgehead atoms. The van der Waals surface area contributed by atoms with Crippen LogP contribution in [0.5, 0.6) is 0 Å². The first-order valence-electron chi connectivity index (χ1n) is 2.16. The van der Waals surface area contributed by atoms with E-state index in [1.807, 2.05) is 6.07 Å². The Morgan fingerprint density at radius 3 is 1.86 bits per heavy atom. The SMILES string of the molecule is [45Sn][c]1ccccc1. The van der Waals surface area contributed by atoms with Gasteiger partial charge in [0.2, 0.25) is 0 Å². The van der Waals surface area contributed by atoms with Crippen LogP contribution < -0.4 is 3.58 Å². The molecule has 3 radical (unpaired) electrons. The van der Waals surface area contributed by atoms with Crippen LogP contribution in [-0.2, 0) is 0 Å². The second kappa shape index (κ2) is 2.36. The van der Waals surface area contributed by atoms with E-state index in [9.17, 15) is 0 Å². The van der Waals surface area contributed by atoms with Crippen molar-refractivity contribution >= 4 is 26.1 Å². The molecule has 1 heteroatoms. The quantitative estimate of drug-likeness (QED) is 0.439. The van der Waals surface area contributed by atoms with Crippen LogP contribution in [-0.4, -0.2) is 22.5 Å². The molecule has 0 unspecified atom stereocenters. The Morgan fingerprint density at radius 1 is 1.00 bits per heavy atom. The minimum absolute atomic E-state index is 1.41. The Hall–Kier alpha value is 0.0187. The molecule has 1 aromatic carbocycles. The fraction of sp³-hybridized carbons (Fsp3) is 0. The van der Waals surface area contributed by atoms with Gasteiger partial charge in [-0.15, -0.1) is 0 Å². The molecule has 0 aromatic heterocycles. The van der Waals surface area contributed by atoms with Gasteiger partial charge in [0.25, 0.3) is 0 Å². The van der Waals surface area contributed by atoms with E-state index in [4.69, 9.17) is 0 Å². The predicted molar refractivity (Wildman–Crippen MR) is 31.8 cm³/mol. The number of hydrogen-bond acceptors (Lipinski definition) is 0. The molecule has 0 fully saturated rings. The summed E-state index contributed by atoms with van der Waals surface area (Å²) in [6, 6.07) is 10.4. The van der Waals surface area contributed by atoms with Gasteiger partial charge in [0, 0.05) is 0 Å². The van der Waals surface area contributed by atoms with Gasteiger partial charge in [-0.3, -0.25) is 0 Å². The third-order valence-corrected chi connectivity index (χ3v) is 1.73. The molecule has 33 valence electrons. The van der Waals surface area contributed by atoms with Gasteiger partial charge in [-0.25, -0.2) is 0 Å². The Bertz CT molecular complexity index is 134. The van der Waals surface area contributed by atoms with E-state index in [0.29, 0.717) is 0 Å². The van der Waals surface area contributed by atoms with Gasteiger partial charge in [-0.05, 0) is 0 Å². The zero-order chi connectivity index (χ0) is 5.11. The summed E-state index contributed by atoms with van der Waals surface area (Å²) in [6.45, 7) is 0. The first-order valence-corrected chi connectivity index (χ1v) is 3.59. The minimum atomic E-state index is 1.41. The summed E-state index contributed by atoms with van der Waals surface area (Å²) in [5, 5.41) is 0. The number of hydrogen-bond donors (Lipinski definition) is 0. The third-order valence-electron chi connectivity index (χ3n) is 0.774. The molecule has 0 spiro atoms. The molecule has 1 aromatic rings. The maximum absolute atomic E-state index is 2.12. The summed E-state index contributed by atoms with van der Waals surface area (Å²) in [4.78, 5) is 0. The molecule has 7 heavy (non-hydrogen) atoms. The summed E-state index contributed by atoms with van der Waals surface area (Å²) in [5.41, 5.74) is 0. The van der Waals surface area contributed by atoms with Crippen LogP contribution in [0.4, 0.5) is 0 Å². The zero-order valence-electron chi connectivity index (χ0n) is 3.89. The Labute approximate surface area is 56.6 Å². The van der Waals surface area contributed by atoms with Crippen LogP contribution in [0.1, 0.15) is 0 Å². The predicted octanol–water partition coefficient (Wildman–Crippen LogP) is 0.480. The molecule has 0 atom stereocenters. The van der Waals surface area contributed by atoms with E-state index in [0.717, 1.165) is 0 Å². The molecule has 0 aliphatic carbocycles. The average Bonchev–Trinajstić information content (AvgIpc) is 1.69. The van der Waals surface area contributed by atoms with Gasteiger partial charge < -0.3 is 0 Å². The van der Waals surface area contributed by atoms with Gasteiger partial charge in [-0.2, -0.15) is 0 Å². The normalized spacial score (nSPS) is 8.71. The van der Waals surface area contributed by atoms with Crippen LogP contribution in [0.25, 0.3) is 0 Å². The Kier molecular flexibility index (Phi) is 1.74. The zero-order valence-corrected chi connectivity index (χ0v) is 6.74. The van der Waals surface area contributed by atoms with Crippen LogP contribution in [0, 0.1) is 0 Å². The van der Waals surface area contributed by atoms with Gasteiger partial charge in [0.05, 0.1) is 0 Å². The molecular formula is C6H5Sn. The number of benzene rings is 1. The molecule has 0 heterocycles. The van der Waals surface area contributed by atoms with E-state index in [-0.39, 0.29) is 0 Å².